The molecule has 0 radical (unpaired) electrons. The summed E-state index contributed by atoms with van der Waals surface area (Å²) in [5, 5.41) is 2.94. The number of aromatic nitrogens is 1. The highest BCUT2D eigenvalue weighted by molar-refractivity contribution is 14.1. The van der Waals surface area contributed by atoms with Gasteiger partial charge >= 0.3 is 6.18 Å². The second-order valence-electron chi connectivity index (χ2n) is 9.62. The predicted molar refractivity (Wildman–Crippen MR) is 138 cm³/mol. The summed E-state index contributed by atoms with van der Waals surface area (Å²) in [6.45, 7) is 7.44. The molecule has 2 saturated heterocycles. The Morgan fingerprint density at radius 1 is 1.14 bits per heavy atom. The van der Waals surface area contributed by atoms with Gasteiger partial charge in [0.2, 0.25) is 0 Å². The molecule has 196 valence electrons. The molecule has 3 atom stereocenters. The average molecular weight is 617 g/mol. The van der Waals surface area contributed by atoms with Crippen molar-refractivity contribution in [2.24, 2.45) is 0 Å². The molecule has 2 fully saturated rings. The number of pyridine rings is 1. The molecule has 1 aromatic heterocycles. The molecule has 2 aliphatic heterocycles. The van der Waals surface area contributed by atoms with E-state index >= 15 is 0 Å². The van der Waals surface area contributed by atoms with Crippen LogP contribution < -0.4 is 10.1 Å². The maximum Gasteiger partial charge on any atom is 0.433 e. The molecule has 6 nitrogen and oxygen atoms in total. The van der Waals surface area contributed by atoms with Crippen molar-refractivity contribution >= 4 is 28.9 Å². The van der Waals surface area contributed by atoms with Gasteiger partial charge in [0.1, 0.15) is 46.8 Å². The number of fused-ring (bicyclic) bond motifs is 2. The minimum atomic E-state index is -4.58. The fourth-order valence-electron chi connectivity index (χ4n) is 5.71. The van der Waals surface area contributed by atoms with Crippen molar-refractivity contribution in [2.75, 3.05) is 13.2 Å². The zero-order chi connectivity index (χ0) is 26.0. The Morgan fingerprint density at radius 2 is 1.83 bits per heavy atom. The van der Waals surface area contributed by atoms with E-state index in [1.54, 1.807) is 0 Å². The van der Waals surface area contributed by atoms with Crippen molar-refractivity contribution < 1.29 is 25.8 Å². The molecular weight excluding hydrogens is 586 g/mol. The summed E-state index contributed by atoms with van der Waals surface area (Å²) in [4.78, 5) is 18.8. The molecule has 0 saturated carbocycles. The summed E-state index contributed by atoms with van der Waals surface area (Å²) < 4.78 is 49.9. The Morgan fingerprint density at radius 3 is 2.47 bits per heavy atom. The Balaban J connectivity index is 1.42. The number of alkyl halides is 3. The zero-order valence-corrected chi connectivity index (χ0v) is 22.7. The van der Waals surface area contributed by atoms with Gasteiger partial charge in [0.05, 0.1) is 6.61 Å². The fraction of sp³-hybridized carbons (Fsp3) is 0.538. The Labute approximate surface area is 223 Å². The molecule has 0 aliphatic carbocycles. The van der Waals surface area contributed by atoms with E-state index in [4.69, 9.17) is 7.80 Å². The number of halogens is 4. The van der Waals surface area contributed by atoms with Crippen LogP contribution in [0.15, 0.2) is 30.3 Å². The van der Waals surface area contributed by atoms with Gasteiger partial charge in [0, 0.05) is 24.2 Å². The first-order valence-electron chi connectivity index (χ1n) is 12.2. The summed E-state index contributed by atoms with van der Waals surface area (Å²) in [5.41, 5.74) is 2.33. The topological polar surface area (TPSA) is 63.7 Å². The third-order valence-corrected chi connectivity index (χ3v) is 7.93. The number of piperidine rings is 1. The average Bonchev–Trinajstić information content (AvgIpc) is 3.11. The van der Waals surface area contributed by atoms with Crippen LogP contribution >= 0.6 is 23.0 Å². The number of rotatable bonds is 8. The SMILES string of the molecule is Cc1c(OCCOI)ccc(C(C)N2C3CCC2CC(NC(=O)c2cccc(C(F)(F)F)n2)C3)c1C. The minimum Gasteiger partial charge on any atom is -0.491 e. The van der Waals surface area contributed by atoms with Crippen LogP contribution in [0.3, 0.4) is 0 Å². The Kier molecular flexibility index (Phi) is 8.45. The lowest BCUT2D eigenvalue weighted by Crippen LogP contribution is -2.51. The van der Waals surface area contributed by atoms with Crippen molar-refractivity contribution in [1.29, 1.82) is 0 Å². The fourth-order valence-corrected chi connectivity index (χ4v) is 5.89. The minimum absolute atomic E-state index is 0.0893. The van der Waals surface area contributed by atoms with Crippen LogP contribution in [0.1, 0.15) is 71.5 Å². The van der Waals surface area contributed by atoms with E-state index in [1.165, 1.54) is 23.3 Å². The molecule has 1 N–H and O–H groups in total. The first-order chi connectivity index (χ1) is 17.1. The molecule has 4 rings (SSSR count). The molecule has 1 aromatic carbocycles. The highest BCUT2D eigenvalue weighted by atomic mass is 127. The molecule has 1 amide bonds. The van der Waals surface area contributed by atoms with Crippen LogP contribution in [0.2, 0.25) is 0 Å². The van der Waals surface area contributed by atoms with Crippen molar-refractivity contribution in [3.63, 3.8) is 0 Å². The second kappa shape index (κ2) is 11.2. The molecule has 3 heterocycles. The number of nitrogens with one attached hydrogen (secondary N) is 1. The summed E-state index contributed by atoms with van der Waals surface area (Å²) in [7, 11) is 0. The van der Waals surface area contributed by atoms with Gasteiger partial charge in [-0.2, -0.15) is 13.2 Å². The summed E-state index contributed by atoms with van der Waals surface area (Å²) in [5.74, 6) is 0.312. The van der Waals surface area contributed by atoms with Crippen LogP contribution in [-0.4, -0.2) is 47.1 Å². The lowest BCUT2D eigenvalue weighted by molar-refractivity contribution is -0.141. The van der Waals surface area contributed by atoms with Gasteiger partial charge in [-0.3, -0.25) is 9.69 Å². The third-order valence-electron chi connectivity index (χ3n) is 7.49. The predicted octanol–water partition coefficient (Wildman–Crippen LogP) is 5.95. The van der Waals surface area contributed by atoms with E-state index in [-0.39, 0.29) is 17.8 Å². The maximum atomic E-state index is 13.0. The number of carbonyl (C=O) groups is 1. The van der Waals surface area contributed by atoms with E-state index in [2.05, 4.69) is 42.0 Å². The monoisotopic (exact) mass is 617 g/mol. The van der Waals surface area contributed by atoms with E-state index < -0.39 is 17.8 Å². The van der Waals surface area contributed by atoms with Crippen molar-refractivity contribution in [3.05, 3.63) is 58.4 Å². The van der Waals surface area contributed by atoms with Gasteiger partial charge in [-0.25, -0.2) is 4.98 Å². The zero-order valence-electron chi connectivity index (χ0n) is 20.6. The van der Waals surface area contributed by atoms with Crippen LogP contribution in [-0.2, 0) is 9.24 Å². The van der Waals surface area contributed by atoms with E-state index in [9.17, 15) is 18.0 Å². The molecule has 2 aliphatic rings. The number of hydrogen-bond acceptors (Lipinski definition) is 5. The smallest absolute Gasteiger partial charge is 0.433 e. The first kappa shape index (κ1) is 27.1. The third kappa shape index (κ3) is 5.80. The summed E-state index contributed by atoms with van der Waals surface area (Å²) in [6.07, 6.45) is -0.971. The van der Waals surface area contributed by atoms with Gasteiger partial charge < -0.3 is 13.1 Å². The Bertz CT molecular complexity index is 1080. The lowest BCUT2D eigenvalue weighted by Gasteiger charge is -2.43. The van der Waals surface area contributed by atoms with Crippen molar-refractivity contribution in [2.45, 2.75) is 76.8 Å². The van der Waals surface area contributed by atoms with Gasteiger partial charge in [-0.15, -0.1) is 0 Å². The second-order valence-corrected chi connectivity index (χ2v) is 10.2. The van der Waals surface area contributed by atoms with E-state index in [0.717, 1.165) is 43.1 Å². The number of benzene rings is 1. The molecular formula is C26H31F3IN3O3. The molecule has 36 heavy (non-hydrogen) atoms. The molecule has 2 aromatic rings. The lowest BCUT2D eigenvalue weighted by atomic mass is 9.91. The van der Waals surface area contributed by atoms with Crippen LogP contribution in [0.4, 0.5) is 13.2 Å². The number of carbonyl (C=O) groups excluding carboxylic acids is 1. The van der Waals surface area contributed by atoms with Gasteiger partial charge in [-0.1, -0.05) is 12.1 Å². The number of amides is 1. The number of hydrogen-bond donors (Lipinski definition) is 1. The molecule has 10 heteroatoms. The maximum absolute atomic E-state index is 13.0. The molecule has 0 spiro atoms. The van der Waals surface area contributed by atoms with Crippen LogP contribution in [0, 0.1) is 13.8 Å². The van der Waals surface area contributed by atoms with Crippen LogP contribution in [0.5, 0.6) is 5.75 Å². The summed E-state index contributed by atoms with van der Waals surface area (Å²) >= 11 is 1.86. The van der Waals surface area contributed by atoms with Crippen LogP contribution in [0.25, 0.3) is 0 Å². The highest BCUT2D eigenvalue weighted by Crippen LogP contribution is 2.43. The van der Waals surface area contributed by atoms with Gasteiger partial charge in [-0.05, 0) is 81.3 Å². The van der Waals surface area contributed by atoms with Crippen molar-refractivity contribution in [1.82, 2.24) is 15.2 Å². The number of ether oxygens (including phenoxy) is 1. The van der Waals surface area contributed by atoms with E-state index in [1.807, 2.05) is 29.1 Å². The standard InChI is InChI=1S/C26H31F3IN3O3/c1-15-16(2)23(35-11-12-36-30)10-9-21(15)17(3)33-19-7-8-20(33)14-18(13-19)31-25(34)22-5-4-6-24(32-22)26(27,28)29/h4-6,9-10,17-20H,7-8,11-14H2,1-3H3,(H,31,34). The highest BCUT2D eigenvalue weighted by Gasteiger charge is 2.44. The quantitative estimate of drug-likeness (QED) is 0.293. The Hall–Kier alpha value is -1.92. The first-order valence-corrected chi connectivity index (χ1v) is 13.1. The molecule has 3 unspecified atom stereocenters. The van der Waals surface area contributed by atoms with Crippen molar-refractivity contribution in [3.8, 4) is 5.75 Å². The molecule has 2 bridgehead atoms. The van der Waals surface area contributed by atoms with Gasteiger partial charge in [0.25, 0.3) is 5.91 Å². The largest absolute Gasteiger partial charge is 0.491 e. The van der Waals surface area contributed by atoms with E-state index in [0.29, 0.717) is 25.3 Å². The number of nitrogens with zero attached hydrogens (tertiary/aromatic N) is 2. The summed E-state index contributed by atoms with van der Waals surface area (Å²) in [6, 6.07) is 8.30. The van der Waals surface area contributed by atoms with Gasteiger partial charge in [0.15, 0.2) is 0 Å². The normalized spacial score (nSPS) is 22.9.